The summed E-state index contributed by atoms with van der Waals surface area (Å²) in [7, 11) is -3.96. The van der Waals surface area contributed by atoms with E-state index in [0.717, 1.165) is 39.7 Å². The lowest BCUT2D eigenvalue weighted by atomic mass is 10.1. The number of carbonyl (C=O) groups excluding carboxylic acids is 3. The van der Waals surface area contributed by atoms with E-state index in [2.05, 4.69) is 20.5 Å². The third-order valence-corrected chi connectivity index (χ3v) is 11.2. The molecular formula is C36H30N4O6S2. The standard InChI is InChI=1S/C36H30N4O6S2/c41-31(23-6-2-1-3-7-23)22-40-17-16-27(21-40)46-26-13-10-24(11-14-26)36-38-20-28(47-36)19-37-34(42)25-12-15-33-30(18-25)39-35(43)29-8-4-5-9-32(29)48(33,44)45/h1-15,18,20,27H,16-17,19,21-22H2,(H,37,42)(H,39,43)/t27-/m1/s1. The van der Waals surface area contributed by atoms with Gasteiger partial charge in [-0.05, 0) is 61.0 Å². The molecule has 1 aromatic heterocycles. The average molecular weight is 679 g/mol. The van der Waals surface area contributed by atoms with E-state index in [9.17, 15) is 22.8 Å². The van der Waals surface area contributed by atoms with E-state index in [1.54, 1.807) is 18.3 Å². The summed E-state index contributed by atoms with van der Waals surface area (Å²) >= 11 is 1.44. The molecule has 10 nitrogen and oxygen atoms in total. The van der Waals surface area contributed by atoms with Gasteiger partial charge in [0.2, 0.25) is 9.84 Å². The topological polar surface area (TPSA) is 135 Å². The Bertz CT molecular complexity index is 2130. The minimum absolute atomic E-state index is 0.00559. The fourth-order valence-corrected chi connectivity index (χ4v) is 8.26. The summed E-state index contributed by atoms with van der Waals surface area (Å²) in [6.07, 6.45) is 2.56. The summed E-state index contributed by atoms with van der Waals surface area (Å²) in [6.45, 7) is 2.09. The molecule has 0 saturated carbocycles. The SMILES string of the molecule is O=C(CN1CC[C@@H](Oc2ccc(-c3ncc(CNC(=O)c4ccc5c(c4)NC(=O)c4ccccc4S5(=O)=O)s3)cc2)C1)c1ccccc1. The molecular weight excluding hydrogens is 649 g/mol. The number of ketones is 1. The zero-order valence-corrected chi connectivity index (χ0v) is 27.2. The molecule has 12 heteroatoms. The molecule has 1 atom stereocenters. The van der Waals surface area contributed by atoms with Gasteiger partial charge in [0.1, 0.15) is 16.9 Å². The fourth-order valence-electron chi connectivity index (χ4n) is 5.82. The summed E-state index contributed by atoms with van der Waals surface area (Å²) in [5.74, 6) is -0.119. The van der Waals surface area contributed by atoms with Crippen LogP contribution in [0.1, 0.15) is 42.4 Å². The van der Waals surface area contributed by atoms with E-state index >= 15 is 0 Å². The van der Waals surface area contributed by atoms with Crippen LogP contribution in [0.5, 0.6) is 5.75 Å². The molecule has 1 fully saturated rings. The number of likely N-dealkylation sites (tertiary alicyclic amines) is 1. The maximum absolute atomic E-state index is 13.2. The molecule has 2 N–H and O–H groups in total. The fraction of sp³-hybridized carbons (Fsp3) is 0.167. The monoisotopic (exact) mass is 678 g/mol. The zero-order chi connectivity index (χ0) is 33.3. The molecule has 48 heavy (non-hydrogen) atoms. The number of hydrogen-bond acceptors (Lipinski definition) is 9. The Hall–Kier alpha value is -5.17. The normalized spacial score (nSPS) is 16.7. The van der Waals surface area contributed by atoms with Crippen molar-refractivity contribution >= 4 is 44.5 Å². The van der Waals surface area contributed by atoms with Crippen molar-refractivity contribution in [3.8, 4) is 16.3 Å². The number of amides is 2. The number of carbonyl (C=O) groups is 3. The molecule has 7 rings (SSSR count). The van der Waals surface area contributed by atoms with Crippen LogP contribution < -0.4 is 15.4 Å². The second-order valence-electron chi connectivity index (χ2n) is 11.6. The minimum atomic E-state index is -3.96. The highest BCUT2D eigenvalue weighted by Crippen LogP contribution is 2.34. The van der Waals surface area contributed by atoms with E-state index < -0.39 is 21.7 Å². The predicted molar refractivity (Wildman–Crippen MR) is 181 cm³/mol. The molecule has 2 aliphatic rings. The number of benzene rings is 4. The van der Waals surface area contributed by atoms with Crippen molar-refractivity contribution in [2.45, 2.75) is 28.9 Å². The van der Waals surface area contributed by atoms with Crippen molar-refractivity contribution in [3.63, 3.8) is 0 Å². The van der Waals surface area contributed by atoms with E-state index in [4.69, 9.17) is 4.74 Å². The molecule has 242 valence electrons. The first-order chi connectivity index (χ1) is 23.2. The quantitative estimate of drug-likeness (QED) is 0.196. The second-order valence-corrected chi connectivity index (χ2v) is 14.6. The number of fused-ring (bicyclic) bond motifs is 2. The molecule has 1 saturated heterocycles. The second kappa shape index (κ2) is 13.1. The van der Waals surface area contributed by atoms with Gasteiger partial charge in [-0.15, -0.1) is 11.3 Å². The highest BCUT2D eigenvalue weighted by molar-refractivity contribution is 7.91. The molecule has 4 aromatic carbocycles. The smallest absolute Gasteiger partial charge is 0.257 e. The summed E-state index contributed by atoms with van der Waals surface area (Å²) in [5, 5.41) is 6.27. The van der Waals surface area contributed by atoms with Gasteiger partial charge in [-0.25, -0.2) is 13.4 Å². The molecule has 0 radical (unpaired) electrons. The molecule has 0 bridgehead atoms. The van der Waals surface area contributed by atoms with Crippen molar-refractivity contribution in [1.82, 2.24) is 15.2 Å². The molecule has 0 aliphatic carbocycles. The number of nitrogens with zero attached hydrogens (tertiary/aromatic N) is 2. The number of nitrogens with one attached hydrogen (secondary N) is 2. The van der Waals surface area contributed by atoms with Crippen LogP contribution in [0.25, 0.3) is 10.6 Å². The van der Waals surface area contributed by atoms with Gasteiger partial charge in [-0.3, -0.25) is 19.3 Å². The first-order valence-electron chi connectivity index (χ1n) is 15.3. The van der Waals surface area contributed by atoms with Crippen molar-refractivity contribution in [1.29, 1.82) is 0 Å². The number of aromatic nitrogens is 1. The first-order valence-corrected chi connectivity index (χ1v) is 17.6. The van der Waals surface area contributed by atoms with Gasteiger partial charge in [-0.2, -0.15) is 0 Å². The van der Waals surface area contributed by atoms with Crippen molar-refractivity contribution < 1.29 is 27.5 Å². The van der Waals surface area contributed by atoms with Gasteiger partial charge >= 0.3 is 0 Å². The van der Waals surface area contributed by atoms with Crippen LogP contribution in [0, 0.1) is 0 Å². The maximum Gasteiger partial charge on any atom is 0.257 e. The molecule has 0 spiro atoms. The zero-order valence-electron chi connectivity index (χ0n) is 25.6. The number of sulfone groups is 1. The molecule has 2 amide bonds. The van der Waals surface area contributed by atoms with Gasteiger partial charge in [0.05, 0.1) is 34.1 Å². The number of ether oxygens (including phenoxy) is 1. The summed E-state index contributed by atoms with van der Waals surface area (Å²) < 4.78 is 32.7. The highest BCUT2D eigenvalue weighted by Gasteiger charge is 2.31. The summed E-state index contributed by atoms with van der Waals surface area (Å²) in [5.41, 5.74) is 1.95. The van der Waals surface area contributed by atoms with Crippen LogP contribution in [0.15, 0.2) is 113 Å². The van der Waals surface area contributed by atoms with Gasteiger partial charge in [0, 0.05) is 40.9 Å². The lowest BCUT2D eigenvalue weighted by Crippen LogP contribution is -2.30. The third kappa shape index (κ3) is 6.50. The largest absolute Gasteiger partial charge is 0.489 e. The Morgan fingerprint density at radius 1 is 0.938 bits per heavy atom. The lowest BCUT2D eigenvalue weighted by Gasteiger charge is -2.16. The highest BCUT2D eigenvalue weighted by atomic mass is 32.2. The van der Waals surface area contributed by atoms with Crippen LogP contribution in [-0.4, -0.2) is 61.6 Å². The lowest BCUT2D eigenvalue weighted by molar-refractivity contribution is 0.0933. The minimum Gasteiger partial charge on any atom is -0.489 e. The molecule has 3 heterocycles. The Kier molecular flexibility index (Phi) is 8.61. The van der Waals surface area contributed by atoms with Gasteiger partial charge in [0.25, 0.3) is 11.8 Å². The van der Waals surface area contributed by atoms with Gasteiger partial charge in [-0.1, -0.05) is 42.5 Å². The average Bonchev–Trinajstić information content (AvgIpc) is 3.75. The Labute approximate surface area is 281 Å². The molecule has 0 unspecified atom stereocenters. The Morgan fingerprint density at radius 2 is 1.71 bits per heavy atom. The van der Waals surface area contributed by atoms with Crippen LogP contribution in [-0.2, 0) is 16.4 Å². The van der Waals surface area contributed by atoms with E-state index in [1.807, 2.05) is 54.6 Å². The first kappa shape index (κ1) is 31.4. The van der Waals surface area contributed by atoms with Gasteiger partial charge < -0.3 is 15.4 Å². The molecule has 5 aromatic rings. The number of anilines is 1. The van der Waals surface area contributed by atoms with Gasteiger partial charge in [0.15, 0.2) is 5.78 Å². The van der Waals surface area contributed by atoms with Crippen molar-refractivity contribution in [2.75, 3.05) is 25.0 Å². The summed E-state index contributed by atoms with van der Waals surface area (Å²) in [6, 6.07) is 27.2. The van der Waals surface area contributed by atoms with Crippen LogP contribution in [0.2, 0.25) is 0 Å². The van der Waals surface area contributed by atoms with E-state index in [0.29, 0.717) is 13.1 Å². The van der Waals surface area contributed by atoms with E-state index in [1.165, 1.54) is 41.7 Å². The molecule has 2 aliphatic heterocycles. The maximum atomic E-state index is 13.2. The number of thiazole rings is 1. The Balaban J connectivity index is 0.936. The Morgan fingerprint density at radius 3 is 2.52 bits per heavy atom. The third-order valence-electron chi connectivity index (χ3n) is 8.27. The van der Waals surface area contributed by atoms with Crippen LogP contribution in [0.3, 0.4) is 0 Å². The summed E-state index contributed by atoms with van der Waals surface area (Å²) in [4.78, 5) is 45.7. The van der Waals surface area contributed by atoms with Crippen LogP contribution in [0.4, 0.5) is 5.69 Å². The van der Waals surface area contributed by atoms with Crippen molar-refractivity contribution in [3.05, 3.63) is 125 Å². The van der Waals surface area contributed by atoms with Crippen molar-refractivity contribution in [2.24, 2.45) is 0 Å². The predicted octanol–water partition coefficient (Wildman–Crippen LogP) is 5.47. The number of rotatable bonds is 9. The van der Waals surface area contributed by atoms with Crippen LogP contribution >= 0.6 is 11.3 Å². The van der Waals surface area contributed by atoms with E-state index in [-0.39, 0.29) is 45.0 Å². The number of hydrogen-bond donors (Lipinski definition) is 2. The number of Topliss-reactive ketones (excluding diaryl/α,β-unsaturated/α-hetero) is 1.